The highest BCUT2D eigenvalue weighted by molar-refractivity contribution is 5.85. The maximum Gasteiger partial charge on any atom is 0.586 e. The fourth-order valence-electron chi connectivity index (χ4n) is 4.16. The van der Waals surface area contributed by atoms with Crippen molar-refractivity contribution < 1.29 is 18.3 Å². The maximum atomic E-state index is 13.3. The number of piperazine rings is 1. The molecule has 25 heavy (non-hydrogen) atoms. The number of rotatable bonds is 3. The van der Waals surface area contributed by atoms with Crippen molar-refractivity contribution in [3.63, 3.8) is 0 Å². The molecule has 0 radical (unpaired) electrons. The molecule has 1 atom stereocenters. The fraction of sp³-hybridized carbons (Fsp3) is 0.647. The summed E-state index contributed by atoms with van der Waals surface area (Å²) in [5.74, 6) is 0.879. The van der Waals surface area contributed by atoms with E-state index >= 15 is 0 Å². The third-order valence-electron chi connectivity index (χ3n) is 5.16. The Labute approximate surface area is 159 Å². The number of hydrogen-bond acceptors (Lipinski definition) is 4. The summed E-state index contributed by atoms with van der Waals surface area (Å²) < 4.78 is 35.7. The van der Waals surface area contributed by atoms with Gasteiger partial charge in [0.1, 0.15) is 0 Å². The van der Waals surface area contributed by atoms with E-state index in [4.69, 9.17) is 0 Å². The molecule has 2 heterocycles. The highest BCUT2D eigenvalue weighted by atomic mass is 35.5. The number of nitrogens with zero attached hydrogens (tertiary/aromatic N) is 1. The van der Waals surface area contributed by atoms with Gasteiger partial charge in [-0.3, -0.25) is 4.90 Å². The van der Waals surface area contributed by atoms with E-state index in [2.05, 4.69) is 19.7 Å². The van der Waals surface area contributed by atoms with Gasteiger partial charge in [0.25, 0.3) is 0 Å². The van der Waals surface area contributed by atoms with E-state index in [1.54, 1.807) is 12.1 Å². The molecule has 142 valence electrons. The average Bonchev–Trinajstić information content (AvgIpc) is 3.14. The van der Waals surface area contributed by atoms with E-state index in [0.29, 0.717) is 5.92 Å². The van der Waals surface area contributed by atoms with Crippen LogP contribution in [0.2, 0.25) is 0 Å². The summed E-state index contributed by atoms with van der Waals surface area (Å²) in [6.07, 6.45) is 1.39. The first-order valence-corrected chi connectivity index (χ1v) is 8.47. The zero-order valence-corrected chi connectivity index (χ0v) is 15.5. The van der Waals surface area contributed by atoms with Crippen molar-refractivity contribution in [1.29, 1.82) is 0 Å². The zero-order chi connectivity index (χ0) is 15.9. The highest BCUT2D eigenvalue weighted by Crippen LogP contribution is 2.45. The summed E-state index contributed by atoms with van der Waals surface area (Å²) >= 11 is 0. The molecule has 1 aliphatic carbocycles. The van der Waals surface area contributed by atoms with E-state index < -0.39 is 6.29 Å². The summed E-state index contributed by atoms with van der Waals surface area (Å²) in [7, 11) is 0. The molecule has 0 aromatic heterocycles. The second-order valence-corrected chi connectivity index (χ2v) is 6.65. The maximum absolute atomic E-state index is 13.3. The van der Waals surface area contributed by atoms with Crippen LogP contribution in [0.25, 0.3) is 0 Å². The van der Waals surface area contributed by atoms with Crippen LogP contribution >= 0.6 is 24.8 Å². The van der Waals surface area contributed by atoms with Crippen molar-refractivity contribution in [3.8, 4) is 11.5 Å². The largest absolute Gasteiger partial charge is 0.586 e. The molecular weight excluding hydrogens is 373 g/mol. The Bertz CT molecular complexity index is 580. The van der Waals surface area contributed by atoms with E-state index in [1.807, 2.05) is 6.07 Å². The van der Waals surface area contributed by atoms with Gasteiger partial charge in [-0.1, -0.05) is 18.9 Å². The quantitative estimate of drug-likeness (QED) is 0.837. The molecule has 0 spiro atoms. The molecule has 1 saturated carbocycles. The number of fused-ring (bicyclic) bond motifs is 1. The van der Waals surface area contributed by atoms with Crippen LogP contribution in [0.15, 0.2) is 18.2 Å². The van der Waals surface area contributed by atoms with Gasteiger partial charge in [-0.15, -0.1) is 33.6 Å². The van der Waals surface area contributed by atoms with Gasteiger partial charge in [-0.25, -0.2) is 0 Å². The minimum atomic E-state index is -3.54. The van der Waals surface area contributed by atoms with E-state index in [1.165, 1.54) is 25.7 Å². The minimum Gasteiger partial charge on any atom is -0.395 e. The predicted molar refractivity (Wildman–Crippen MR) is 96.3 cm³/mol. The van der Waals surface area contributed by atoms with Gasteiger partial charge < -0.3 is 14.8 Å². The Balaban J connectivity index is 0.00000113. The molecule has 2 fully saturated rings. The van der Waals surface area contributed by atoms with E-state index in [-0.39, 0.29) is 42.4 Å². The van der Waals surface area contributed by atoms with Gasteiger partial charge in [0, 0.05) is 32.2 Å². The summed E-state index contributed by atoms with van der Waals surface area (Å²) in [6.45, 7) is 3.94. The van der Waals surface area contributed by atoms with E-state index in [0.717, 1.165) is 31.7 Å². The Morgan fingerprint density at radius 1 is 1.04 bits per heavy atom. The summed E-state index contributed by atoms with van der Waals surface area (Å²) in [5, 5.41) is 3.38. The molecule has 4 nitrogen and oxygen atoms in total. The van der Waals surface area contributed by atoms with Crippen LogP contribution in [0, 0.1) is 5.92 Å². The molecule has 0 bridgehead atoms. The van der Waals surface area contributed by atoms with Crippen LogP contribution in [-0.2, 0) is 0 Å². The van der Waals surface area contributed by atoms with Crippen LogP contribution in [-0.4, -0.2) is 37.4 Å². The standard InChI is InChI=1S/C17H22F2N2O2.2ClH/c18-17(19)22-14-6-5-13(11-15(14)23-17)16(12-3-1-2-4-12)21-9-7-20-8-10-21;;/h5-6,11-12,16,20H,1-4,7-10H2;2*1H/t16-;;/m0../s1. The lowest BCUT2D eigenvalue weighted by Gasteiger charge is -2.38. The molecule has 1 N–H and O–H groups in total. The zero-order valence-electron chi connectivity index (χ0n) is 13.9. The van der Waals surface area contributed by atoms with Gasteiger partial charge in [0.2, 0.25) is 0 Å². The van der Waals surface area contributed by atoms with Crippen molar-refractivity contribution in [3.05, 3.63) is 23.8 Å². The number of alkyl halides is 2. The number of ether oxygens (including phenoxy) is 2. The molecule has 4 rings (SSSR count). The van der Waals surface area contributed by atoms with Crippen molar-refractivity contribution in [2.75, 3.05) is 26.2 Å². The van der Waals surface area contributed by atoms with Crippen molar-refractivity contribution in [1.82, 2.24) is 10.2 Å². The molecule has 1 aromatic rings. The van der Waals surface area contributed by atoms with Crippen LogP contribution in [0.1, 0.15) is 37.3 Å². The fourth-order valence-corrected chi connectivity index (χ4v) is 4.16. The van der Waals surface area contributed by atoms with Crippen LogP contribution < -0.4 is 14.8 Å². The Kier molecular flexibility index (Phi) is 6.76. The smallest absolute Gasteiger partial charge is 0.395 e. The van der Waals surface area contributed by atoms with Gasteiger partial charge in [0.05, 0.1) is 0 Å². The highest BCUT2D eigenvalue weighted by Gasteiger charge is 2.44. The van der Waals surface area contributed by atoms with Gasteiger partial charge in [-0.2, -0.15) is 0 Å². The molecule has 0 unspecified atom stereocenters. The first-order chi connectivity index (χ1) is 11.1. The Morgan fingerprint density at radius 2 is 1.68 bits per heavy atom. The van der Waals surface area contributed by atoms with Crippen molar-refractivity contribution >= 4 is 24.8 Å². The normalized spacial score (nSPS) is 23.6. The van der Waals surface area contributed by atoms with Crippen LogP contribution in [0.5, 0.6) is 11.5 Å². The third kappa shape index (κ3) is 4.30. The number of nitrogens with one attached hydrogen (secondary N) is 1. The van der Waals surface area contributed by atoms with Gasteiger partial charge >= 0.3 is 6.29 Å². The molecule has 8 heteroatoms. The topological polar surface area (TPSA) is 33.7 Å². The second kappa shape index (κ2) is 8.25. The minimum absolute atomic E-state index is 0. The lowest BCUT2D eigenvalue weighted by Crippen LogP contribution is -2.46. The Morgan fingerprint density at radius 3 is 2.36 bits per heavy atom. The SMILES string of the molecule is Cl.Cl.FC1(F)Oc2ccc([C@H](C3CCCC3)N3CCNCC3)cc2O1. The lowest BCUT2D eigenvalue weighted by molar-refractivity contribution is -0.286. The number of halogens is 4. The van der Waals surface area contributed by atoms with Crippen molar-refractivity contribution in [2.45, 2.75) is 38.0 Å². The molecule has 1 saturated heterocycles. The molecule has 2 aliphatic heterocycles. The molecule has 1 aromatic carbocycles. The summed E-state index contributed by atoms with van der Waals surface area (Å²) in [5.41, 5.74) is 1.07. The first-order valence-electron chi connectivity index (χ1n) is 8.47. The van der Waals surface area contributed by atoms with Crippen LogP contribution in [0.4, 0.5) is 8.78 Å². The monoisotopic (exact) mass is 396 g/mol. The Hall–Kier alpha value is -0.820. The lowest BCUT2D eigenvalue weighted by atomic mass is 9.89. The van der Waals surface area contributed by atoms with Crippen molar-refractivity contribution in [2.24, 2.45) is 5.92 Å². The van der Waals surface area contributed by atoms with Gasteiger partial charge in [0.15, 0.2) is 11.5 Å². The summed E-state index contributed by atoms with van der Waals surface area (Å²) in [6, 6.07) is 5.58. The molecule has 0 amide bonds. The predicted octanol–water partition coefficient (Wildman–Crippen LogP) is 3.99. The summed E-state index contributed by atoms with van der Waals surface area (Å²) in [4.78, 5) is 2.49. The first kappa shape index (κ1) is 20.5. The second-order valence-electron chi connectivity index (χ2n) is 6.65. The average molecular weight is 397 g/mol. The number of benzene rings is 1. The number of hydrogen-bond donors (Lipinski definition) is 1. The van der Waals surface area contributed by atoms with Crippen LogP contribution in [0.3, 0.4) is 0 Å². The molecular formula is C17H24Cl2F2N2O2. The van der Waals surface area contributed by atoms with E-state index in [9.17, 15) is 8.78 Å². The molecule has 3 aliphatic rings. The van der Waals surface area contributed by atoms with Gasteiger partial charge in [-0.05, 0) is 36.5 Å². The third-order valence-corrected chi connectivity index (χ3v) is 5.16.